The summed E-state index contributed by atoms with van der Waals surface area (Å²) in [7, 11) is 0. The van der Waals surface area contributed by atoms with Crippen molar-refractivity contribution in [2.24, 2.45) is 0 Å². The first kappa shape index (κ1) is 16.4. The lowest BCUT2D eigenvalue weighted by Gasteiger charge is -2.19. The smallest absolute Gasteiger partial charge is 0.333 e. The molecule has 23 heavy (non-hydrogen) atoms. The van der Waals surface area contributed by atoms with E-state index in [1.54, 1.807) is 0 Å². The maximum atomic E-state index is 12.5. The quantitative estimate of drug-likeness (QED) is 0.648. The molecule has 8 nitrogen and oxygen atoms in total. The van der Waals surface area contributed by atoms with Crippen molar-refractivity contribution >= 4 is 0 Å². The Hall–Kier alpha value is -1.48. The number of aliphatic hydroxyl groups is 2. The van der Waals surface area contributed by atoms with Crippen LogP contribution in [0, 0.1) is 0 Å². The molecule has 0 aromatic carbocycles. The van der Waals surface area contributed by atoms with Crippen LogP contribution < -0.4 is 11.2 Å². The number of hydrogen-bond donors (Lipinski definition) is 2. The van der Waals surface area contributed by atoms with Gasteiger partial charge >= 0.3 is 5.69 Å². The van der Waals surface area contributed by atoms with Crippen LogP contribution in [0.5, 0.6) is 0 Å². The van der Waals surface area contributed by atoms with E-state index in [1.807, 2.05) is 0 Å². The normalized spacial score (nSPS) is 32.4. The van der Waals surface area contributed by atoms with E-state index in [-0.39, 0.29) is 12.2 Å². The maximum Gasteiger partial charge on any atom is 0.333 e. The Morgan fingerprint density at radius 3 is 2.70 bits per heavy atom. The minimum atomic E-state index is -1.25. The lowest BCUT2D eigenvalue weighted by molar-refractivity contribution is -0.0693. The molecule has 0 spiro atoms. The van der Waals surface area contributed by atoms with E-state index in [9.17, 15) is 19.8 Å². The molecule has 2 aliphatic rings. The average Bonchev–Trinajstić information content (AvgIpc) is 2.80. The zero-order chi connectivity index (χ0) is 16.4. The highest BCUT2D eigenvalue weighted by atomic mass is 16.6. The molecule has 4 bridgehead atoms. The predicted molar refractivity (Wildman–Crippen MR) is 80.2 cm³/mol. The Labute approximate surface area is 132 Å². The fraction of sp³-hybridized carbons (Fsp3) is 0.733. The molecule has 1 saturated heterocycles. The molecule has 0 radical (unpaired) electrons. The van der Waals surface area contributed by atoms with E-state index in [0.717, 1.165) is 30.3 Å². The highest BCUT2D eigenvalue weighted by Crippen LogP contribution is 2.28. The van der Waals surface area contributed by atoms with E-state index in [1.165, 1.54) is 16.8 Å². The second-order valence-corrected chi connectivity index (χ2v) is 6.03. The summed E-state index contributed by atoms with van der Waals surface area (Å²) >= 11 is 0. The molecular formula is C15H22N2O6. The van der Waals surface area contributed by atoms with E-state index in [0.29, 0.717) is 13.2 Å². The second kappa shape index (κ2) is 6.96. The van der Waals surface area contributed by atoms with Gasteiger partial charge in [0.15, 0.2) is 6.23 Å². The van der Waals surface area contributed by atoms with Crippen molar-refractivity contribution < 1.29 is 19.7 Å². The summed E-state index contributed by atoms with van der Waals surface area (Å²) in [5, 5.41) is 20.3. The predicted octanol–water partition coefficient (Wildman–Crippen LogP) is -0.780. The number of ether oxygens (including phenoxy) is 2. The third-order valence-corrected chi connectivity index (χ3v) is 4.41. The maximum absolute atomic E-state index is 12.5. The highest BCUT2D eigenvalue weighted by Gasteiger charge is 2.44. The Kier molecular flexibility index (Phi) is 4.96. The molecule has 1 fully saturated rings. The molecular weight excluding hydrogens is 304 g/mol. The van der Waals surface area contributed by atoms with Crippen LogP contribution in [-0.2, 0) is 16.0 Å². The number of fused-ring (bicyclic) bond motifs is 5. The summed E-state index contributed by atoms with van der Waals surface area (Å²) in [4.78, 5) is 24.4. The number of aromatic nitrogens is 2. The Balaban J connectivity index is 1.97. The fourth-order valence-electron chi connectivity index (χ4n) is 3.05. The van der Waals surface area contributed by atoms with Crippen molar-refractivity contribution in [2.75, 3.05) is 13.2 Å². The first-order chi connectivity index (χ1) is 11.1. The van der Waals surface area contributed by atoms with Gasteiger partial charge in [-0.3, -0.25) is 13.9 Å². The van der Waals surface area contributed by atoms with Crippen LogP contribution in [-0.4, -0.2) is 50.9 Å². The Morgan fingerprint density at radius 1 is 1.09 bits per heavy atom. The summed E-state index contributed by atoms with van der Waals surface area (Å²) in [6.07, 6.45) is 0.604. The number of rotatable bonds is 0. The molecule has 0 amide bonds. The van der Waals surface area contributed by atoms with Gasteiger partial charge in [0.05, 0.1) is 6.61 Å². The highest BCUT2D eigenvalue weighted by molar-refractivity contribution is 4.94. The lowest BCUT2D eigenvalue weighted by Crippen LogP contribution is -2.43. The van der Waals surface area contributed by atoms with Crippen molar-refractivity contribution in [3.05, 3.63) is 33.1 Å². The standard InChI is InChI=1S/C15H22N2O6/c18-11-5-7-17-14-13(20)12(19)10(23-14)9-22-8-4-2-1-3-6-16(11)15(17)21/h5,7,10,12-14,19-20H,1-4,6,8-9H2/t10-,12-,13-,14-/m1/s1. The van der Waals surface area contributed by atoms with E-state index in [4.69, 9.17) is 9.47 Å². The first-order valence-electron chi connectivity index (χ1n) is 8.01. The summed E-state index contributed by atoms with van der Waals surface area (Å²) in [5.74, 6) is 0. The fourth-order valence-corrected chi connectivity index (χ4v) is 3.05. The number of aliphatic hydroxyl groups excluding tert-OH is 2. The minimum absolute atomic E-state index is 0.156. The minimum Gasteiger partial charge on any atom is -0.387 e. The molecule has 3 rings (SSSR count). The van der Waals surface area contributed by atoms with Crippen molar-refractivity contribution in [1.29, 1.82) is 0 Å². The molecule has 8 heteroatoms. The van der Waals surface area contributed by atoms with Crippen LogP contribution in [0.3, 0.4) is 0 Å². The van der Waals surface area contributed by atoms with E-state index in [2.05, 4.69) is 0 Å². The van der Waals surface area contributed by atoms with Crippen LogP contribution >= 0.6 is 0 Å². The molecule has 128 valence electrons. The average molecular weight is 326 g/mol. The number of hydrogen-bond acceptors (Lipinski definition) is 6. The number of nitrogens with zero attached hydrogens (tertiary/aromatic N) is 2. The van der Waals surface area contributed by atoms with E-state index >= 15 is 0 Å². The van der Waals surface area contributed by atoms with Crippen LogP contribution in [0.15, 0.2) is 21.9 Å². The van der Waals surface area contributed by atoms with Crippen molar-refractivity contribution in [2.45, 2.75) is 56.8 Å². The SMILES string of the molecule is O=c1ccn2c(=O)n1CCCCCCOC[C@H]1O[C@@H]2[C@H](O)[C@@H]1O. The van der Waals surface area contributed by atoms with Crippen molar-refractivity contribution in [1.82, 2.24) is 9.13 Å². The van der Waals surface area contributed by atoms with Crippen molar-refractivity contribution in [3.63, 3.8) is 0 Å². The van der Waals surface area contributed by atoms with Gasteiger partial charge < -0.3 is 19.7 Å². The molecule has 2 aliphatic heterocycles. The van der Waals surface area contributed by atoms with E-state index < -0.39 is 30.2 Å². The van der Waals surface area contributed by atoms with Gasteiger partial charge in [-0.15, -0.1) is 0 Å². The molecule has 4 atom stereocenters. The summed E-state index contributed by atoms with van der Waals surface area (Å²) in [6.45, 7) is 1.04. The van der Waals surface area contributed by atoms with Gasteiger partial charge in [0.2, 0.25) is 0 Å². The Morgan fingerprint density at radius 2 is 1.87 bits per heavy atom. The summed E-state index contributed by atoms with van der Waals surface area (Å²) in [5.41, 5.74) is -0.904. The third-order valence-electron chi connectivity index (χ3n) is 4.41. The molecule has 1 aromatic heterocycles. The van der Waals surface area contributed by atoms with Gasteiger partial charge in [0.25, 0.3) is 5.56 Å². The zero-order valence-electron chi connectivity index (χ0n) is 12.8. The van der Waals surface area contributed by atoms with Gasteiger partial charge in [-0.2, -0.15) is 0 Å². The Bertz CT molecular complexity index is 654. The van der Waals surface area contributed by atoms with Gasteiger partial charge in [-0.05, 0) is 12.8 Å². The third kappa shape index (κ3) is 3.25. The molecule has 0 saturated carbocycles. The van der Waals surface area contributed by atoms with Crippen LogP contribution in [0.1, 0.15) is 31.9 Å². The largest absolute Gasteiger partial charge is 0.387 e. The molecule has 3 heterocycles. The van der Waals surface area contributed by atoms with Crippen LogP contribution in [0.2, 0.25) is 0 Å². The van der Waals surface area contributed by atoms with Gasteiger partial charge in [0.1, 0.15) is 18.3 Å². The monoisotopic (exact) mass is 326 g/mol. The van der Waals surface area contributed by atoms with Crippen LogP contribution in [0.25, 0.3) is 0 Å². The summed E-state index contributed by atoms with van der Waals surface area (Å²) in [6, 6.07) is 1.28. The first-order valence-corrected chi connectivity index (χ1v) is 8.01. The molecule has 2 N–H and O–H groups in total. The van der Waals surface area contributed by atoms with Gasteiger partial charge in [0, 0.05) is 25.4 Å². The zero-order valence-corrected chi connectivity index (χ0v) is 12.8. The van der Waals surface area contributed by atoms with Gasteiger partial charge in [-0.25, -0.2) is 4.79 Å². The molecule has 0 unspecified atom stereocenters. The molecule has 1 aromatic rings. The van der Waals surface area contributed by atoms with Crippen molar-refractivity contribution in [3.8, 4) is 0 Å². The topological polar surface area (TPSA) is 103 Å². The van der Waals surface area contributed by atoms with Crippen LogP contribution in [0.4, 0.5) is 0 Å². The lowest BCUT2D eigenvalue weighted by atomic mass is 10.1. The second-order valence-electron chi connectivity index (χ2n) is 6.03. The van der Waals surface area contributed by atoms with Gasteiger partial charge in [-0.1, -0.05) is 12.8 Å². The molecule has 0 aliphatic carbocycles. The summed E-state index contributed by atoms with van der Waals surface area (Å²) < 4.78 is 13.4.